The number of amidine groups is 1. The van der Waals surface area contributed by atoms with E-state index in [1.165, 1.54) is 0 Å². The Kier molecular flexibility index (Phi) is 5.12. The molecule has 0 bridgehead atoms. The van der Waals surface area contributed by atoms with Gasteiger partial charge in [0.25, 0.3) is 0 Å². The zero-order chi connectivity index (χ0) is 15.5. The van der Waals surface area contributed by atoms with E-state index < -0.39 is 5.41 Å². The molecule has 1 saturated heterocycles. The molecule has 1 aliphatic heterocycles. The maximum atomic E-state index is 13.3. The number of carbonyl (C=O) groups is 1. The fraction of sp³-hybridized carbons (Fsp3) is 0.875. The summed E-state index contributed by atoms with van der Waals surface area (Å²) >= 11 is 0. The van der Waals surface area contributed by atoms with Gasteiger partial charge >= 0.3 is 0 Å². The van der Waals surface area contributed by atoms with E-state index in [9.17, 15) is 10.0 Å². The molecule has 0 radical (unpaired) electrons. The summed E-state index contributed by atoms with van der Waals surface area (Å²) in [7, 11) is 0. The number of nitrogens with zero attached hydrogens (tertiary/aromatic N) is 2. The predicted molar refractivity (Wildman–Crippen MR) is 83.2 cm³/mol. The van der Waals surface area contributed by atoms with E-state index in [0.29, 0.717) is 18.9 Å². The smallest absolute Gasteiger partial charge is 0.237 e. The van der Waals surface area contributed by atoms with Crippen LogP contribution >= 0.6 is 0 Å². The molecule has 2 rings (SSSR count). The lowest BCUT2D eigenvalue weighted by Gasteiger charge is -2.38. The summed E-state index contributed by atoms with van der Waals surface area (Å²) in [6, 6.07) is 0.563. The molecule has 5 heteroatoms. The summed E-state index contributed by atoms with van der Waals surface area (Å²) < 4.78 is 0. The monoisotopic (exact) mass is 295 g/mol. The van der Waals surface area contributed by atoms with Gasteiger partial charge in [-0.05, 0) is 39.0 Å². The fourth-order valence-electron chi connectivity index (χ4n) is 4.09. The summed E-state index contributed by atoms with van der Waals surface area (Å²) in [5, 5.41) is 12.5. The highest BCUT2D eigenvalue weighted by molar-refractivity contribution is 6.07. The molecule has 1 amide bonds. The summed E-state index contributed by atoms with van der Waals surface area (Å²) in [5.41, 5.74) is 5.23. The maximum absolute atomic E-state index is 13.3. The van der Waals surface area contributed by atoms with Crippen LogP contribution in [0.1, 0.15) is 71.6 Å². The van der Waals surface area contributed by atoms with Crippen LogP contribution in [-0.4, -0.2) is 33.9 Å². The van der Waals surface area contributed by atoms with Crippen LogP contribution < -0.4 is 5.73 Å². The zero-order valence-electron chi connectivity index (χ0n) is 13.3. The first-order valence-corrected chi connectivity index (χ1v) is 8.37. The van der Waals surface area contributed by atoms with E-state index in [1.807, 2.05) is 4.90 Å². The number of likely N-dealkylation sites (tertiary alicyclic amines) is 1. The van der Waals surface area contributed by atoms with Gasteiger partial charge in [0.1, 0.15) is 5.41 Å². The molecule has 1 aliphatic carbocycles. The molecule has 2 fully saturated rings. The van der Waals surface area contributed by atoms with Gasteiger partial charge in [0.2, 0.25) is 5.91 Å². The highest BCUT2D eigenvalue weighted by Crippen LogP contribution is 2.40. The second kappa shape index (κ2) is 6.67. The molecule has 1 heterocycles. The van der Waals surface area contributed by atoms with Crippen molar-refractivity contribution >= 4 is 11.7 Å². The van der Waals surface area contributed by atoms with Crippen LogP contribution in [0.2, 0.25) is 0 Å². The lowest BCUT2D eigenvalue weighted by atomic mass is 9.77. The topological polar surface area (TPSA) is 78.9 Å². The Hall–Kier alpha value is -1.26. The third-order valence-electron chi connectivity index (χ3n) is 5.46. The molecule has 3 N–H and O–H groups in total. The number of hydrogen-bond donors (Lipinski definition) is 2. The molecule has 0 aromatic rings. The van der Waals surface area contributed by atoms with Gasteiger partial charge in [-0.1, -0.05) is 37.8 Å². The number of hydrogen-bond acceptors (Lipinski definition) is 3. The summed E-state index contributed by atoms with van der Waals surface area (Å²) in [6.45, 7) is 4.25. The minimum atomic E-state index is -0.780. The number of rotatable bonds is 3. The van der Waals surface area contributed by atoms with Crippen LogP contribution in [0.4, 0.5) is 0 Å². The summed E-state index contributed by atoms with van der Waals surface area (Å²) in [4.78, 5) is 15.3. The van der Waals surface area contributed by atoms with E-state index >= 15 is 0 Å². The Morgan fingerprint density at radius 1 is 1.29 bits per heavy atom. The molecule has 1 saturated carbocycles. The Bertz CT molecular complexity index is 400. The SMILES string of the molecule is CCC1CCC(C)N1C(=O)C1(C(N)=NO)CCCCCC1. The minimum Gasteiger partial charge on any atom is -0.409 e. The van der Waals surface area contributed by atoms with Crippen molar-refractivity contribution in [3.63, 3.8) is 0 Å². The molecule has 2 unspecified atom stereocenters. The highest BCUT2D eigenvalue weighted by Gasteiger charge is 2.48. The first-order chi connectivity index (χ1) is 10.1. The van der Waals surface area contributed by atoms with Crippen molar-refractivity contribution in [2.24, 2.45) is 16.3 Å². The van der Waals surface area contributed by atoms with Crippen molar-refractivity contribution < 1.29 is 10.0 Å². The first-order valence-electron chi connectivity index (χ1n) is 8.37. The Balaban J connectivity index is 2.33. The number of nitrogens with two attached hydrogens (primary N) is 1. The van der Waals surface area contributed by atoms with Crippen LogP contribution in [0, 0.1) is 5.41 Å². The van der Waals surface area contributed by atoms with Crippen LogP contribution in [0.15, 0.2) is 5.16 Å². The molecule has 0 spiro atoms. The molecule has 0 aromatic heterocycles. The molecule has 120 valence electrons. The van der Waals surface area contributed by atoms with Crippen LogP contribution in [-0.2, 0) is 4.79 Å². The zero-order valence-corrected chi connectivity index (χ0v) is 13.3. The van der Waals surface area contributed by atoms with Crippen LogP contribution in [0.25, 0.3) is 0 Å². The van der Waals surface area contributed by atoms with Gasteiger partial charge < -0.3 is 15.8 Å². The van der Waals surface area contributed by atoms with E-state index in [0.717, 1.165) is 44.9 Å². The van der Waals surface area contributed by atoms with Crippen molar-refractivity contribution in [1.82, 2.24) is 4.90 Å². The van der Waals surface area contributed by atoms with Crippen LogP contribution in [0.3, 0.4) is 0 Å². The molecular weight excluding hydrogens is 266 g/mol. The quantitative estimate of drug-likeness (QED) is 0.276. The third-order valence-corrected chi connectivity index (χ3v) is 5.46. The second-order valence-corrected chi connectivity index (χ2v) is 6.68. The fourth-order valence-corrected chi connectivity index (χ4v) is 4.09. The van der Waals surface area contributed by atoms with Crippen molar-refractivity contribution in [2.45, 2.75) is 83.7 Å². The molecule has 2 atom stereocenters. The Labute approximate surface area is 127 Å². The predicted octanol–water partition coefficient (Wildman–Crippen LogP) is 2.86. The van der Waals surface area contributed by atoms with Gasteiger partial charge in [0.15, 0.2) is 5.84 Å². The Morgan fingerprint density at radius 2 is 1.90 bits per heavy atom. The average Bonchev–Trinajstić information content (AvgIpc) is 2.72. The van der Waals surface area contributed by atoms with Gasteiger partial charge in [0.05, 0.1) is 0 Å². The molecule has 2 aliphatic rings. The summed E-state index contributed by atoms with van der Waals surface area (Å²) in [5.74, 6) is 0.208. The number of amides is 1. The van der Waals surface area contributed by atoms with Gasteiger partial charge in [-0.25, -0.2) is 0 Å². The number of carbonyl (C=O) groups excluding carboxylic acids is 1. The first kappa shape index (κ1) is 16.1. The highest BCUT2D eigenvalue weighted by atomic mass is 16.4. The van der Waals surface area contributed by atoms with Crippen LogP contribution in [0.5, 0.6) is 0 Å². The largest absolute Gasteiger partial charge is 0.409 e. The van der Waals surface area contributed by atoms with Gasteiger partial charge in [-0.2, -0.15) is 0 Å². The normalized spacial score (nSPS) is 30.2. The molecule has 0 aromatic carbocycles. The van der Waals surface area contributed by atoms with E-state index in [1.54, 1.807) is 0 Å². The number of oxime groups is 1. The second-order valence-electron chi connectivity index (χ2n) is 6.68. The molecule has 5 nitrogen and oxygen atoms in total. The minimum absolute atomic E-state index is 0.0940. The standard InChI is InChI=1S/C16H29N3O2/c1-3-13-9-8-12(2)19(13)15(20)16(14(17)18-21)10-6-4-5-7-11-16/h12-13,21H,3-11H2,1-2H3,(H2,17,18). The van der Waals surface area contributed by atoms with Crippen molar-refractivity contribution in [2.75, 3.05) is 0 Å². The van der Waals surface area contributed by atoms with Gasteiger partial charge in [0, 0.05) is 12.1 Å². The Morgan fingerprint density at radius 3 is 2.43 bits per heavy atom. The van der Waals surface area contributed by atoms with Crippen molar-refractivity contribution in [3.8, 4) is 0 Å². The average molecular weight is 295 g/mol. The lowest BCUT2D eigenvalue weighted by molar-refractivity contribution is -0.142. The van der Waals surface area contributed by atoms with Gasteiger partial charge in [-0.15, -0.1) is 0 Å². The van der Waals surface area contributed by atoms with E-state index in [-0.39, 0.29) is 17.8 Å². The maximum Gasteiger partial charge on any atom is 0.237 e. The van der Waals surface area contributed by atoms with Crippen molar-refractivity contribution in [3.05, 3.63) is 0 Å². The summed E-state index contributed by atoms with van der Waals surface area (Å²) in [6.07, 6.45) is 8.71. The lowest BCUT2D eigenvalue weighted by Crippen LogP contribution is -2.54. The molecule has 21 heavy (non-hydrogen) atoms. The van der Waals surface area contributed by atoms with Gasteiger partial charge in [-0.3, -0.25) is 4.79 Å². The third kappa shape index (κ3) is 2.87. The van der Waals surface area contributed by atoms with E-state index in [2.05, 4.69) is 19.0 Å². The van der Waals surface area contributed by atoms with Crippen molar-refractivity contribution in [1.29, 1.82) is 0 Å². The molecular formula is C16H29N3O2. The van der Waals surface area contributed by atoms with E-state index in [4.69, 9.17) is 5.73 Å².